The molecule has 0 aromatic heterocycles. The number of rotatable bonds is 4. The minimum atomic E-state index is -0.546. The monoisotopic (exact) mass is 441 g/mol. The van der Waals surface area contributed by atoms with Crippen molar-refractivity contribution in [3.8, 4) is 0 Å². The van der Waals surface area contributed by atoms with Crippen LogP contribution in [0.2, 0.25) is 0 Å². The SMILES string of the molecule is COC(=S)NCC1CN(c2ccc(N3C=NN(C(=S)OC)CC3)c(F)c2)C(=O)O1. The highest BCUT2D eigenvalue weighted by atomic mass is 32.1. The molecule has 0 aliphatic carbocycles. The Morgan fingerprint density at radius 2 is 2.14 bits per heavy atom. The van der Waals surface area contributed by atoms with Crippen LogP contribution < -0.4 is 15.1 Å². The smallest absolute Gasteiger partial charge is 0.414 e. The molecule has 156 valence electrons. The number of hydrogen-bond donors (Lipinski definition) is 1. The Bertz CT molecular complexity index is 840. The molecule has 0 spiro atoms. The van der Waals surface area contributed by atoms with E-state index in [4.69, 9.17) is 38.6 Å². The predicted octanol–water partition coefficient (Wildman–Crippen LogP) is 1.67. The van der Waals surface area contributed by atoms with E-state index < -0.39 is 18.0 Å². The number of ether oxygens (including phenoxy) is 3. The maximum absolute atomic E-state index is 14.7. The lowest BCUT2D eigenvalue weighted by atomic mass is 10.2. The summed E-state index contributed by atoms with van der Waals surface area (Å²) in [6.45, 7) is 1.51. The van der Waals surface area contributed by atoms with E-state index in [-0.39, 0.29) is 16.9 Å². The Morgan fingerprint density at radius 1 is 1.34 bits per heavy atom. The van der Waals surface area contributed by atoms with Crippen LogP contribution in [0.4, 0.5) is 20.6 Å². The minimum absolute atomic E-state index is 0.211. The van der Waals surface area contributed by atoms with Crippen molar-refractivity contribution < 1.29 is 23.4 Å². The van der Waals surface area contributed by atoms with Gasteiger partial charge < -0.3 is 24.4 Å². The second-order valence-corrected chi connectivity index (χ2v) is 6.86. The molecule has 2 aliphatic heterocycles. The molecule has 1 fully saturated rings. The molecule has 0 radical (unpaired) electrons. The fourth-order valence-corrected chi connectivity index (χ4v) is 3.10. The van der Waals surface area contributed by atoms with Crippen molar-refractivity contribution in [2.45, 2.75) is 6.10 Å². The van der Waals surface area contributed by atoms with Crippen molar-refractivity contribution >= 4 is 58.6 Å². The van der Waals surface area contributed by atoms with Crippen LogP contribution in [0.1, 0.15) is 0 Å². The number of carbonyl (C=O) groups is 1. The number of halogens is 1. The van der Waals surface area contributed by atoms with Gasteiger partial charge in [0.1, 0.15) is 18.3 Å². The molecule has 3 rings (SSSR count). The van der Waals surface area contributed by atoms with E-state index >= 15 is 0 Å². The maximum atomic E-state index is 14.7. The number of anilines is 2. The highest BCUT2D eigenvalue weighted by molar-refractivity contribution is 7.80. The second-order valence-electron chi connectivity index (χ2n) is 6.14. The Labute approximate surface area is 178 Å². The predicted molar refractivity (Wildman–Crippen MR) is 114 cm³/mol. The van der Waals surface area contributed by atoms with Gasteiger partial charge in [-0.15, -0.1) is 0 Å². The normalized spacial score (nSPS) is 18.5. The molecule has 29 heavy (non-hydrogen) atoms. The molecule has 1 aromatic carbocycles. The highest BCUT2D eigenvalue weighted by Gasteiger charge is 2.33. The van der Waals surface area contributed by atoms with Gasteiger partial charge in [0.05, 0.1) is 45.2 Å². The number of carbonyl (C=O) groups excluding carboxylic acids is 1. The number of nitrogens with zero attached hydrogens (tertiary/aromatic N) is 4. The van der Waals surface area contributed by atoms with Crippen molar-refractivity contribution in [1.29, 1.82) is 0 Å². The average molecular weight is 442 g/mol. The second kappa shape index (κ2) is 9.18. The molecule has 1 amide bonds. The zero-order valence-electron chi connectivity index (χ0n) is 15.8. The molecule has 1 N–H and O–H groups in total. The van der Waals surface area contributed by atoms with Gasteiger partial charge in [-0.1, -0.05) is 0 Å². The van der Waals surface area contributed by atoms with Gasteiger partial charge in [0, 0.05) is 6.54 Å². The summed E-state index contributed by atoms with van der Waals surface area (Å²) < 4.78 is 29.8. The summed E-state index contributed by atoms with van der Waals surface area (Å²) in [6.07, 6.45) is 0.510. The molecular formula is C17H20FN5O4S2. The molecule has 0 bridgehead atoms. The van der Waals surface area contributed by atoms with Gasteiger partial charge >= 0.3 is 6.09 Å². The van der Waals surface area contributed by atoms with Gasteiger partial charge in [-0.3, -0.25) is 4.90 Å². The number of benzene rings is 1. The van der Waals surface area contributed by atoms with Gasteiger partial charge in [-0.05, 0) is 42.6 Å². The summed E-state index contributed by atoms with van der Waals surface area (Å²) in [5.41, 5.74) is 0.751. The zero-order chi connectivity index (χ0) is 21.0. The fraction of sp³-hybridized carbons (Fsp3) is 0.412. The highest BCUT2D eigenvalue weighted by Crippen LogP contribution is 2.28. The number of amides is 1. The average Bonchev–Trinajstić information content (AvgIpc) is 3.12. The summed E-state index contributed by atoms with van der Waals surface area (Å²) in [5, 5.41) is 8.96. The summed E-state index contributed by atoms with van der Waals surface area (Å²) in [5.74, 6) is -0.480. The van der Waals surface area contributed by atoms with Crippen molar-refractivity contribution in [3.05, 3.63) is 24.0 Å². The molecule has 1 saturated heterocycles. The van der Waals surface area contributed by atoms with Crippen LogP contribution in [0.25, 0.3) is 0 Å². The van der Waals surface area contributed by atoms with Gasteiger partial charge in [-0.2, -0.15) is 5.10 Å². The third-order valence-corrected chi connectivity index (χ3v) is 5.04. The number of hydrogen-bond acceptors (Lipinski definition) is 8. The first kappa shape index (κ1) is 21.0. The topological polar surface area (TPSA) is 78.9 Å². The van der Waals surface area contributed by atoms with E-state index in [0.29, 0.717) is 31.0 Å². The van der Waals surface area contributed by atoms with E-state index in [1.54, 1.807) is 17.0 Å². The van der Waals surface area contributed by atoms with Crippen molar-refractivity contribution in [2.24, 2.45) is 5.10 Å². The van der Waals surface area contributed by atoms with E-state index in [2.05, 4.69) is 10.4 Å². The maximum Gasteiger partial charge on any atom is 0.414 e. The lowest BCUT2D eigenvalue weighted by molar-refractivity contribution is 0.142. The third-order valence-electron chi connectivity index (χ3n) is 4.35. The number of thiocarbonyl (C=S) groups is 2. The number of nitrogens with one attached hydrogen (secondary N) is 1. The van der Waals surface area contributed by atoms with Crippen molar-refractivity contribution in [2.75, 3.05) is 50.2 Å². The van der Waals surface area contributed by atoms with Gasteiger partial charge in [0.25, 0.3) is 10.3 Å². The molecule has 1 atom stereocenters. The summed E-state index contributed by atoms with van der Waals surface area (Å²) >= 11 is 9.92. The summed E-state index contributed by atoms with van der Waals surface area (Å²) in [4.78, 5) is 15.2. The summed E-state index contributed by atoms with van der Waals surface area (Å²) in [6, 6.07) is 4.56. The van der Waals surface area contributed by atoms with Crippen molar-refractivity contribution in [1.82, 2.24) is 10.3 Å². The van der Waals surface area contributed by atoms with Gasteiger partial charge in [0.15, 0.2) is 0 Å². The Hall–Kier alpha value is -2.73. The Balaban J connectivity index is 1.66. The minimum Gasteiger partial charge on any atom is -0.474 e. The molecule has 2 heterocycles. The molecule has 1 unspecified atom stereocenters. The van der Waals surface area contributed by atoms with E-state index in [1.807, 2.05) is 0 Å². The largest absolute Gasteiger partial charge is 0.474 e. The lowest BCUT2D eigenvalue weighted by Gasteiger charge is -2.29. The van der Waals surface area contributed by atoms with Crippen molar-refractivity contribution in [3.63, 3.8) is 0 Å². The van der Waals surface area contributed by atoms with E-state index in [9.17, 15) is 9.18 Å². The van der Waals surface area contributed by atoms with Crippen LogP contribution >= 0.6 is 24.4 Å². The van der Waals surface area contributed by atoms with E-state index in [0.717, 1.165) is 0 Å². The molecular weight excluding hydrogens is 421 g/mol. The first-order valence-electron chi connectivity index (χ1n) is 8.68. The number of cyclic esters (lactones) is 1. The quantitative estimate of drug-likeness (QED) is 0.702. The lowest BCUT2D eigenvalue weighted by Crippen LogP contribution is -2.40. The Morgan fingerprint density at radius 3 is 2.76 bits per heavy atom. The molecule has 0 saturated carbocycles. The molecule has 2 aliphatic rings. The van der Waals surface area contributed by atoms with Crippen LogP contribution in [0.15, 0.2) is 23.3 Å². The van der Waals surface area contributed by atoms with Crippen LogP contribution in [-0.4, -0.2) is 74.3 Å². The fourth-order valence-electron chi connectivity index (χ4n) is 2.87. The molecule has 9 nitrogen and oxygen atoms in total. The van der Waals surface area contributed by atoms with Crippen LogP contribution in [0.5, 0.6) is 0 Å². The van der Waals surface area contributed by atoms with Crippen LogP contribution in [-0.2, 0) is 14.2 Å². The summed E-state index contributed by atoms with van der Waals surface area (Å²) in [7, 11) is 2.92. The number of methoxy groups -OCH3 is 2. The zero-order valence-corrected chi connectivity index (χ0v) is 17.5. The first-order valence-corrected chi connectivity index (χ1v) is 9.50. The van der Waals surface area contributed by atoms with Gasteiger partial charge in [-0.25, -0.2) is 14.2 Å². The third kappa shape index (κ3) is 4.82. The van der Waals surface area contributed by atoms with E-state index in [1.165, 1.54) is 36.5 Å². The van der Waals surface area contributed by atoms with Gasteiger partial charge in [0.2, 0.25) is 0 Å². The standard InChI is InChI=1S/C17H20FN5O4S2/c1-25-15(28)19-8-12-9-22(16(24)27-12)11-3-4-14(13(18)7-11)21-5-6-23(20-10-21)17(29)26-2/h3-4,7,10,12H,5-6,8-9H2,1-2H3,(H,19,28). The molecule has 12 heteroatoms. The number of hydrazone groups is 1. The van der Waals surface area contributed by atoms with Crippen LogP contribution in [0.3, 0.4) is 0 Å². The molecule has 1 aromatic rings. The van der Waals surface area contributed by atoms with Crippen LogP contribution in [0, 0.1) is 5.82 Å². The Kier molecular flexibility index (Phi) is 6.64. The first-order chi connectivity index (χ1) is 13.9.